The summed E-state index contributed by atoms with van der Waals surface area (Å²) in [6, 6.07) is 10.8. The molecule has 3 rings (SSSR count). The number of anilines is 1. The molecule has 2 amide bonds. The van der Waals surface area contributed by atoms with Crippen molar-refractivity contribution in [2.45, 2.75) is 32.4 Å². The minimum absolute atomic E-state index is 0.0204. The van der Waals surface area contributed by atoms with Gasteiger partial charge in [-0.05, 0) is 30.7 Å². The third-order valence-corrected chi connectivity index (χ3v) is 4.77. The van der Waals surface area contributed by atoms with E-state index in [9.17, 15) is 14.0 Å². The van der Waals surface area contributed by atoms with E-state index in [-0.39, 0.29) is 41.4 Å². The average molecular weight is 361 g/mol. The van der Waals surface area contributed by atoms with Crippen molar-refractivity contribution < 1.29 is 14.0 Å². The summed E-state index contributed by atoms with van der Waals surface area (Å²) in [6.07, 6.45) is 0.926. The molecule has 1 aliphatic heterocycles. The summed E-state index contributed by atoms with van der Waals surface area (Å²) in [5.74, 6) is -0.433. The normalized spacial score (nSPS) is 16.5. The molecule has 0 radical (unpaired) electrons. The fourth-order valence-corrected chi connectivity index (χ4v) is 3.31. The van der Waals surface area contributed by atoms with Gasteiger partial charge in [-0.3, -0.25) is 9.69 Å². The highest BCUT2D eigenvalue weighted by atomic mass is 35.5. The summed E-state index contributed by atoms with van der Waals surface area (Å²) in [7, 11) is 0. The maximum Gasteiger partial charge on any atom is 0.322 e. The zero-order valence-electron chi connectivity index (χ0n) is 13.8. The number of urea groups is 1. The van der Waals surface area contributed by atoms with Crippen LogP contribution >= 0.6 is 11.6 Å². The smallest absolute Gasteiger partial charge is 0.322 e. The highest BCUT2D eigenvalue weighted by Crippen LogP contribution is 2.32. The van der Waals surface area contributed by atoms with E-state index < -0.39 is 5.82 Å². The minimum Gasteiger partial charge on any atom is -0.333 e. The van der Waals surface area contributed by atoms with Gasteiger partial charge in [0.1, 0.15) is 5.82 Å². The van der Waals surface area contributed by atoms with Crippen molar-refractivity contribution in [2.75, 3.05) is 4.90 Å². The minimum atomic E-state index is -0.464. The number of carbonyl (C=O) groups is 2. The van der Waals surface area contributed by atoms with Gasteiger partial charge in [0.25, 0.3) is 0 Å². The van der Waals surface area contributed by atoms with Gasteiger partial charge in [-0.15, -0.1) is 0 Å². The summed E-state index contributed by atoms with van der Waals surface area (Å²) >= 11 is 6.01. The van der Waals surface area contributed by atoms with Crippen molar-refractivity contribution in [3.8, 4) is 0 Å². The number of nitrogens with one attached hydrogen (secondary N) is 1. The number of nitrogens with zero attached hydrogens (tertiary/aromatic N) is 1. The topological polar surface area (TPSA) is 49.4 Å². The van der Waals surface area contributed by atoms with E-state index in [0.717, 1.165) is 0 Å². The molecule has 0 aliphatic carbocycles. The first kappa shape index (κ1) is 17.4. The molecule has 130 valence electrons. The van der Waals surface area contributed by atoms with E-state index in [1.54, 1.807) is 35.2 Å². The Bertz CT molecular complexity index is 805. The van der Waals surface area contributed by atoms with E-state index in [2.05, 4.69) is 5.32 Å². The van der Waals surface area contributed by atoms with Crippen molar-refractivity contribution in [1.82, 2.24) is 5.32 Å². The number of carbonyl (C=O) groups excluding carboxylic acids is 2. The van der Waals surface area contributed by atoms with Crippen molar-refractivity contribution in [1.29, 1.82) is 0 Å². The summed E-state index contributed by atoms with van der Waals surface area (Å²) < 4.78 is 13.9. The van der Waals surface area contributed by atoms with E-state index in [1.165, 1.54) is 12.1 Å². The van der Waals surface area contributed by atoms with Crippen LogP contribution in [0.25, 0.3) is 0 Å². The van der Waals surface area contributed by atoms with Gasteiger partial charge in [0.15, 0.2) is 5.78 Å². The van der Waals surface area contributed by atoms with Gasteiger partial charge in [0.2, 0.25) is 0 Å². The van der Waals surface area contributed by atoms with Gasteiger partial charge >= 0.3 is 6.03 Å². The quantitative estimate of drug-likeness (QED) is 0.872. The number of rotatable bonds is 3. The van der Waals surface area contributed by atoms with E-state index >= 15 is 0 Å². The lowest BCUT2D eigenvalue weighted by Gasteiger charge is -2.36. The lowest BCUT2D eigenvalue weighted by Crippen LogP contribution is -2.49. The van der Waals surface area contributed by atoms with Crippen LogP contribution in [-0.2, 0) is 6.54 Å². The SMILES string of the molecule is CCC1CC(=O)c2ccccc2N1C(=O)NCc1c(F)cccc1Cl. The highest BCUT2D eigenvalue weighted by molar-refractivity contribution is 6.31. The predicted molar refractivity (Wildman–Crippen MR) is 95.6 cm³/mol. The van der Waals surface area contributed by atoms with Gasteiger partial charge in [-0.2, -0.15) is 0 Å². The molecule has 2 aromatic rings. The van der Waals surface area contributed by atoms with Crippen LogP contribution in [0.15, 0.2) is 42.5 Å². The molecule has 0 bridgehead atoms. The number of Topliss-reactive ketones (excluding diaryl/α,β-unsaturated/α-hetero) is 1. The summed E-state index contributed by atoms with van der Waals surface area (Å²) in [6.45, 7) is 1.91. The highest BCUT2D eigenvalue weighted by Gasteiger charge is 2.34. The average Bonchev–Trinajstić information content (AvgIpc) is 2.61. The predicted octanol–water partition coefficient (Wildman–Crippen LogP) is 4.56. The van der Waals surface area contributed by atoms with Crippen LogP contribution in [0.1, 0.15) is 35.7 Å². The Labute approximate surface area is 150 Å². The summed E-state index contributed by atoms with van der Waals surface area (Å²) in [5, 5.41) is 2.99. The van der Waals surface area contributed by atoms with Crippen molar-refractivity contribution in [3.63, 3.8) is 0 Å². The third kappa shape index (κ3) is 3.37. The summed E-state index contributed by atoms with van der Waals surface area (Å²) in [5.41, 5.74) is 1.36. The molecule has 0 spiro atoms. The van der Waals surface area contributed by atoms with Gasteiger partial charge in [0.05, 0.1) is 5.69 Å². The molecule has 1 aliphatic rings. The van der Waals surface area contributed by atoms with Gasteiger partial charge in [-0.25, -0.2) is 9.18 Å². The molecule has 6 heteroatoms. The zero-order valence-corrected chi connectivity index (χ0v) is 14.5. The molecule has 0 saturated carbocycles. The molecular weight excluding hydrogens is 343 g/mol. The third-order valence-electron chi connectivity index (χ3n) is 4.42. The molecular formula is C19H18ClFN2O2. The van der Waals surface area contributed by atoms with Crippen LogP contribution in [0, 0.1) is 5.82 Å². The number of halogens is 2. The number of benzene rings is 2. The largest absolute Gasteiger partial charge is 0.333 e. The Kier molecular flexibility index (Phi) is 5.04. The maximum absolute atomic E-state index is 13.9. The Morgan fingerprint density at radius 3 is 2.76 bits per heavy atom. The van der Waals surface area contributed by atoms with Crippen molar-refractivity contribution in [3.05, 3.63) is 64.4 Å². The van der Waals surface area contributed by atoms with E-state index in [0.29, 0.717) is 17.7 Å². The van der Waals surface area contributed by atoms with Gasteiger partial charge in [0, 0.05) is 35.2 Å². The van der Waals surface area contributed by atoms with Gasteiger partial charge in [-0.1, -0.05) is 36.7 Å². The molecule has 1 heterocycles. The van der Waals surface area contributed by atoms with E-state index in [1.807, 2.05) is 6.92 Å². The number of hydrogen-bond acceptors (Lipinski definition) is 2. The molecule has 2 aromatic carbocycles. The summed E-state index contributed by atoms with van der Waals surface area (Å²) in [4.78, 5) is 26.6. The van der Waals surface area contributed by atoms with Crippen LogP contribution in [-0.4, -0.2) is 17.9 Å². The molecule has 0 fully saturated rings. The maximum atomic E-state index is 13.9. The lowest BCUT2D eigenvalue weighted by molar-refractivity contribution is 0.0967. The molecule has 1 unspecified atom stereocenters. The molecule has 1 N–H and O–H groups in total. The second-order valence-corrected chi connectivity index (χ2v) is 6.34. The number of hydrogen-bond donors (Lipinski definition) is 1. The first-order chi connectivity index (χ1) is 12.0. The Hall–Kier alpha value is -2.40. The molecule has 25 heavy (non-hydrogen) atoms. The molecule has 4 nitrogen and oxygen atoms in total. The number of para-hydroxylation sites is 1. The lowest BCUT2D eigenvalue weighted by atomic mass is 9.93. The second-order valence-electron chi connectivity index (χ2n) is 5.94. The molecule has 0 aromatic heterocycles. The van der Waals surface area contributed by atoms with Crippen molar-refractivity contribution >= 4 is 29.1 Å². The van der Waals surface area contributed by atoms with Crippen LogP contribution in [0.5, 0.6) is 0 Å². The first-order valence-electron chi connectivity index (χ1n) is 8.15. The Balaban J connectivity index is 1.85. The standard InChI is InChI=1S/C19H18ClFN2O2/c1-2-12-10-18(24)13-6-3-4-9-17(13)23(12)19(25)22-11-14-15(20)7-5-8-16(14)21/h3-9,12H,2,10-11H2,1H3,(H,22,25). The fraction of sp³-hybridized carbons (Fsp3) is 0.263. The fourth-order valence-electron chi connectivity index (χ4n) is 3.08. The van der Waals surface area contributed by atoms with Crippen molar-refractivity contribution in [2.24, 2.45) is 0 Å². The number of fused-ring (bicyclic) bond motifs is 1. The first-order valence-corrected chi connectivity index (χ1v) is 8.53. The monoisotopic (exact) mass is 360 g/mol. The molecule has 1 atom stereocenters. The van der Waals surface area contributed by atoms with E-state index in [4.69, 9.17) is 11.6 Å². The van der Waals surface area contributed by atoms with Crippen LogP contribution < -0.4 is 10.2 Å². The number of ketones is 1. The Morgan fingerprint density at radius 1 is 1.28 bits per heavy atom. The van der Waals surface area contributed by atoms with Crippen LogP contribution in [0.3, 0.4) is 0 Å². The number of amides is 2. The Morgan fingerprint density at radius 2 is 2.04 bits per heavy atom. The zero-order chi connectivity index (χ0) is 18.0. The van der Waals surface area contributed by atoms with Crippen LogP contribution in [0.4, 0.5) is 14.9 Å². The van der Waals surface area contributed by atoms with Crippen LogP contribution in [0.2, 0.25) is 5.02 Å². The van der Waals surface area contributed by atoms with Gasteiger partial charge < -0.3 is 5.32 Å². The molecule has 0 saturated heterocycles. The second kappa shape index (κ2) is 7.23.